The van der Waals surface area contributed by atoms with Gasteiger partial charge in [-0.2, -0.15) is 0 Å². The predicted octanol–water partition coefficient (Wildman–Crippen LogP) is 1.84. The van der Waals surface area contributed by atoms with Gasteiger partial charge in [0, 0.05) is 5.56 Å². The molecule has 0 saturated heterocycles. The highest BCUT2D eigenvalue weighted by Crippen LogP contribution is 2.08. The third-order valence-corrected chi connectivity index (χ3v) is 2.86. The van der Waals surface area contributed by atoms with Crippen molar-refractivity contribution in [3.05, 3.63) is 35.4 Å². The van der Waals surface area contributed by atoms with Crippen molar-refractivity contribution in [2.24, 2.45) is 11.7 Å². The minimum atomic E-state index is -0.830. The Morgan fingerprint density at radius 2 is 1.95 bits per heavy atom. The summed E-state index contributed by atoms with van der Waals surface area (Å²) in [5, 5.41) is 2.75. The first-order valence-corrected chi connectivity index (χ1v) is 6.21. The van der Waals surface area contributed by atoms with Crippen molar-refractivity contribution in [2.75, 3.05) is 6.54 Å². The number of carbonyl (C=O) groups is 2. The molecule has 1 atom stereocenters. The van der Waals surface area contributed by atoms with Crippen LogP contribution >= 0.6 is 0 Å². The minimum Gasteiger partial charge on any atom is -0.444 e. The molecule has 0 bridgehead atoms. The maximum atomic E-state index is 12.0. The number of aryl methyl sites for hydroxylation is 1. The van der Waals surface area contributed by atoms with E-state index in [1.54, 1.807) is 6.07 Å². The second-order valence-electron chi connectivity index (χ2n) is 4.74. The number of ether oxygens (including phenoxy) is 1. The van der Waals surface area contributed by atoms with Gasteiger partial charge in [-0.05, 0) is 24.5 Å². The van der Waals surface area contributed by atoms with Crippen molar-refractivity contribution in [1.29, 1.82) is 0 Å². The Bertz CT molecular complexity index is 458. The molecule has 104 valence electrons. The molecular weight excluding hydrogens is 244 g/mol. The summed E-state index contributed by atoms with van der Waals surface area (Å²) in [5.74, 6) is -0.110. The summed E-state index contributed by atoms with van der Waals surface area (Å²) in [6.45, 7) is 5.91. The van der Waals surface area contributed by atoms with E-state index in [1.165, 1.54) is 0 Å². The Hall–Kier alpha value is -2.04. The summed E-state index contributed by atoms with van der Waals surface area (Å²) in [7, 11) is 0. The second kappa shape index (κ2) is 6.78. The number of hydrogen-bond acceptors (Lipinski definition) is 3. The molecule has 5 heteroatoms. The number of hydrogen-bond donors (Lipinski definition) is 2. The third kappa shape index (κ3) is 4.62. The molecule has 0 saturated carbocycles. The van der Waals surface area contributed by atoms with Crippen LogP contribution in [0.4, 0.5) is 4.79 Å². The van der Waals surface area contributed by atoms with Crippen molar-refractivity contribution in [3.63, 3.8) is 0 Å². The van der Waals surface area contributed by atoms with Gasteiger partial charge >= 0.3 is 6.09 Å². The van der Waals surface area contributed by atoms with Crippen molar-refractivity contribution < 1.29 is 14.3 Å². The molecule has 0 fully saturated rings. The fraction of sp³-hybridized carbons (Fsp3) is 0.429. The van der Waals surface area contributed by atoms with Crippen LogP contribution < -0.4 is 11.1 Å². The molecular formula is C14H20N2O3. The van der Waals surface area contributed by atoms with Crippen molar-refractivity contribution in [3.8, 4) is 0 Å². The van der Waals surface area contributed by atoms with Gasteiger partial charge in [-0.15, -0.1) is 0 Å². The molecule has 0 heterocycles. The van der Waals surface area contributed by atoms with Crippen LogP contribution in [-0.4, -0.2) is 24.6 Å². The van der Waals surface area contributed by atoms with Gasteiger partial charge in [0.05, 0.1) is 6.54 Å². The fourth-order valence-electron chi connectivity index (χ4n) is 1.68. The summed E-state index contributed by atoms with van der Waals surface area (Å²) in [6.07, 6.45) is -1.26. The maximum Gasteiger partial charge on any atom is 0.404 e. The average Bonchev–Trinajstić information content (AvgIpc) is 2.34. The first-order valence-electron chi connectivity index (χ1n) is 6.21. The van der Waals surface area contributed by atoms with Crippen molar-refractivity contribution >= 4 is 12.0 Å². The summed E-state index contributed by atoms with van der Waals surface area (Å²) in [4.78, 5) is 22.8. The van der Waals surface area contributed by atoms with Gasteiger partial charge in [-0.3, -0.25) is 4.79 Å². The van der Waals surface area contributed by atoms with Crippen molar-refractivity contribution in [2.45, 2.75) is 26.9 Å². The van der Waals surface area contributed by atoms with Gasteiger partial charge in [0.25, 0.3) is 5.91 Å². The van der Waals surface area contributed by atoms with Gasteiger partial charge in [0.1, 0.15) is 6.10 Å². The molecule has 5 nitrogen and oxygen atoms in total. The number of nitrogens with one attached hydrogen (secondary N) is 1. The zero-order valence-electron chi connectivity index (χ0n) is 11.5. The monoisotopic (exact) mass is 264 g/mol. The van der Waals surface area contributed by atoms with E-state index < -0.39 is 12.2 Å². The lowest BCUT2D eigenvalue weighted by Gasteiger charge is -2.20. The molecule has 0 aliphatic heterocycles. The molecule has 0 spiro atoms. The fourth-order valence-corrected chi connectivity index (χ4v) is 1.68. The highest BCUT2D eigenvalue weighted by molar-refractivity contribution is 5.95. The van der Waals surface area contributed by atoms with Crippen LogP contribution in [0.1, 0.15) is 29.8 Å². The summed E-state index contributed by atoms with van der Waals surface area (Å²) >= 11 is 0. The third-order valence-electron chi connectivity index (χ3n) is 2.86. The van der Waals surface area contributed by atoms with E-state index in [0.717, 1.165) is 5.56 Å². The van der Waals surface area contributed by atoms with Crippen LogP contribution in [-0.2, 0) is 4.74 Å². The van der Waals surface area contributed by atoms with Crippen LogP contribution in [0, 0.1) is 12.8 Å². The Balaban J connectivity index is 2.62. The smallest absolute Gasteiger partial charge is 0.404 e. The second-order valence-corrected chi connectivity index (χ2v) is 4.74. The molecule has 1 rings (SSSR count). The van der Waals surface area contributed by atoms with E-state index in [9.17, 15) is 9.59 Å². The molecule has 1 aromatic rings. The quantitative estimate of drug-likeness (QED) is 0.851. The lowest BCUT2D eigenvalue weighted by molar-refractivity contribution is 0.0711. The Labute approximate surface area is 113 Å². The van der Waals surface area contributed by atoms with E-state index in [4.69, 9.17) is 10.5 Å². The van der Waals surface area contributed by atoms with Gasteiger partial charge in [0.15, 0.2) is 0 Å². The maximum absolute atomic E-state index is 12.0. The van der Waals surface area contributed by atoms with E-state index in [-0.39, 0.29) is 18.4 Å². The van der Waals surface area contributed by atoms with Gasteiger partial charge in [0.2, 0.25) is 0 Å². The topological polar surface area (TPSA) is 81.4 Å². The van der Waals surface area contributed by atoms with Gasteiger partial charge < -0.3 is 15.8 Å². The van der Waals surface area contributed by atoms with E-state index in [1.807, 2.05) is 39.0 Å². The van der Waals surface area contributed by atoms with Crippen LogP contribution in [0.25, 0.3) is 0 Å². The zero-order valence-corrected chi connectivity index (χ0v) is 11.5. The number of amides is 2. The summed E-state index contributed by atoms with van der Waals surface area (Å²) < 4.78 is 4.95. The zero-order chi connectivity index (χ0) is 14.4. The van der Waals surface area contributed by atoms with Gasteiger partial charge in [-0.25, -0.2) is 4.79 Å². The van der Waals surface area contributed by atoms with Crippen LogP contribution in [0.5, 0.6) is 0 Å². The molecule has 2 amide bonds. The largest absolute Gasteiger partial charge is 0.444 e. The van der Waals surface area contributed by atoms with Crippen LogP contribution in [0.15, 0.2) is 24.3 Å². The highest BCUT2D eigenvalue weighted by atomic mass is 16.6. The van der Waals surface area contributed by atoms with Crippen LogP contribution in [0.2, 0.25) is 0 Å². The molecule has 1 aromatic carbocycles. The standard InChI is InChI=1S/C14H20N2O3/c1-9(2)12(19-14(15)18)8-16-13(17)11-7-5-4-6-10(11)3/h4-7,9,12H,8H2,1-3H3,(H2,15,18)(H,16,17). The molecule has 0 aliphatic carbocycles. The Morgan fingerprint density at radius 1 is 1.32 bits per heavy atom. The summed E-state index contributed by atoms with van der Waals surface area (Å²) in [5.41, 5.74) is 6.51. The Kier molecular flexibility index (Phi) is 5.36. The molecule has 19 heavy (non-hydrogen) atoms. The Morgan fingerprint density at radius 3 is 2.47 bits per heavy atom. The van der Waals surface area contributed by atoms with Gasteiger partial charge in [-0.1, -0.05) is 32.0 Å². The van der Waals surface area contributed by atoms with E-state index in [0.29, 0.717) is 5.56 Å². The first kappa shape index (κ1) is 15.0. The van der Waals surface area contributed by atoms with E-state index >= 15 is 0 Å². The van der Waals surface area contributed by atoms with E-state index in [2.05, 4.69) is 5.32 Å². The lowest BCUT2D eigenvalue weighted by atomic mass is 10.1. The normalized spacial score (nSPS) is 12.0. The molecule has 3 N–H and O–H groups in total. The first-order chi connectivity index (χ1) is 8.91. The molecule has 0 radical (unpaired) electrons. The SMILES string of the molecule is Cc1ccccc1C(=O)NCC(OC(N)=O)C(C)C. The average molecular weight is 264 g/mol. The lowest BCUT2D eigenvalue weighted by Crippen LogP contribution is -2.39. The van der Waals surface area contributed by atoms with Crippen LogP contribution in [0.3, 0.4) is 0 Å². The molecule has 0 aliphatic rings. The number of benzene rings is 1. The van der Waals surface area contributed by atoms with Crippen molar-refractivity contribution in [1.82, 2.24) is 5.32 Å². The number of nitrogens with two attached hydrogens (primary N) is 1. The molecule has 1 unspecified atom stereocenters. The minimum absolute atomic E-state index is 0.0738. The number of carbonyl (C=O) groups excluding carboxylic acids is 2. The number of rotatable bonds is 5. The summed E-state index contributed by atoms with van der Waals surface area (Å²) in [6, 6.07) is 7.31. The predicted molar refractivity (Wildman–Crippen MR) is 72.8 cm³/mol. The molecule has 0 aromatic heterocycles. The highest BCUT2D eigenvalue weighted by Gasteiger charge is 2.18. The number of primary amides is 1.